The van der Waals surface area contributed by atoms with Gasteiger partial charge in [0.25, 0.3) is 5.91 Å². The van der Waals surface area contributed by atoms with E-state index in [4.69, 9.17) is 4.74 Å². The summed E-state index contributed by atoms with van der Waals surface area (Å²) in [5, 5.41) is 11.3. The number of ether oxygens (including phenoxy) is 1. The Morgan fingerprint density at radius 1 is 0.791 bits per heavy atom. The van der Waals surface area contributed by atoms with Crippen molar-refractivity contribution < 1.29 is 27.5 Å². The maximum Gasteiger partial charge on any atom is 0.414 e. The van der Waals surface area contributed by atoms with Crippen molar-refractivity contribution >= 4 is 51.8 Å². The molecule has 0 saturated carbocycles. The summed E-state index contributed by atoms with van der Waals surface area (Å²) < 4.78 is 44.8. The van der Waals surface area contributed by atoms with Crippen molar-refractivity contribution in [3.8, 4) is 0 Å². The summed E-state index contributed by atoms with van der Waals surface area (Å²) in [5.74, 6) is -2.15. The lowest BCUT2D eigenvalue weighted by atomic mass is 10.2. The highest BCUT2D eigenvalue weighted by Crippen LogP contribution is 2.28. The van der Waals surface area contributed by atoms with Crippen molar-refractivity contribution in [2.24, 2.45) is 0 Å². The van der Waals surface area contributed by atoms with Crippen LogP contribution in [0.25, 0.3) is 0 Å². The van der Waals surface area contributed by atoms with Crippen molar-refractivity contribution in [3.05, 3.63) is 113 Å². The van der Waals surface area contributed by atoms with Gasteiger partial charge in [0.2, 0.25) is 5.43 Å². The molecule has 1 atom stereocenters. The summed E-state index contributed by atoms with van der Waals surface area (Å²) in [5.41, 5.74) is 3.31. The predicted molar refractivity (Wildman–Crippen MR) is 158 cm³/mol. The first-order valence-electron chi connectivity index (χ1n) is 13.2. The molecule has 4 N–H and O–H groups in total. The van der Waals surface area contributed by atoms with Crippen LogP contribution in [0.5, 0.6) is 0 Å². The second-order valence-electron chi connectivity index (χ2n) is 9.54. The Morgan fingerprint density at radius 3 is 2.05 bits per heavy atom. The summed E-state index contributed by atoms with van der Waals surface area (Å²) >= 11 is 0. The third-order valence-electron chi connectivity index (χ3n) is 6.46. The molecule has 9 nitrogen and oxygen atoms in total. The molecule has 2 amide bonds. The summed E-state index contributed by atoms with van der Waals surface area (Å²) in [4.78, 5) is 37.1. The van der Waals surface area contributed by atoms with Crippen LogP contribution in [0.15, 0.2) is 102 Å². The normalized spacial score (nSPS) is 14.3. The average Bonchev–Trinajstić information content (AvgIpc) is 3.29. The van der Waals surface area contributed by atoms with Gasteiger partial charge in [-0.2, -0.15) is 8.78 Å². The first kappa shape index (κ1) is 29.0. The number of rotatable bonds is 10. The largest absolute Gasteiger partial charge is 0.442 e. The van der Waals surface area contributed by atoms with Crippen LogP contribution in [0.2, 0.25) is 0 Å². The van der Waals surface area contributed by atoms with Crippen molar-refractivity contribution in [1.29, 1.82) is 0 Å². The number of nitrogens with zero attached hydrogens (tertiary/aromatic N) is 1. The monoisotopic (exact) mass is 589 g/mol. The molecule has 0 spiro atoms. The van der Waals surface area contributed by atoms with Gasteiger partial charge < -0.3 is 26.0 Å². The molecule has 1 saturated heterocycles. The van der Waals surface area contributed by atoms with E-state index in [1.54, 1.807) is 12.1 Å². The van der Waals surface area contributed by atoms with E-state index in [1.807, 2.05) is 59.9 Å². The summed E-state index contributed by atoms with van der Waals surface area (Å²) in [7, 11) is 0. The molecular weight excluding hydrogens is 563 g/mol. The molecule has 1 aliphatic heterocycles. The summed E-state index contributed by atoms with van der Waals surface area (Å²) in [6.45, 7) is -0.356. The van der Waals surface area contributed by atoms with E-state index in [0.717, 1.165) is 22.3 Å². The Labute approximate surface area is 244 Å². The molecular formula is C31H26F3N5O4. The van der Waals surface area contributed by atoms with Gasteiger partial charge in [0.1, 0.15) is 11.9 Å². The van der Waals surface area contributed by atoms with Crippen LogP contribution < -0.4 is 31.6 Å². The third-order valence-corrected chi connectivity index (χ3v) is 6.46. The average molecular weight is 590 g/mol. The second kappa shape index (κ2) is 13.0. The highest BCUT2D eigenvalue weighted by atomic mass is 19.3. The lowest BCUT2D eigenvalue weighted by Gasteiger charge is -2.15. The number of amides is 2. The van der Waals surface area contributed by atoms with Crippen LogP contribution in [0.4, 0.5) is 57.8 Å². The van der Waals surface area contributed by atoms with E-state index in [0.29, 0.717) is 17.1 Å². The fraction of sp³-hybridized carbons (Fsp3) is 0.129. The van der Waals surface area contributed by atoms with Gasteiger partial charge in [-0.3, -0.25) is 14.5 Å². The van der Waals surface area contributed by atoms with Gasteiger partial charge in [0, 0.05) is 22.7 Å². The molecule has 1 fully saturated rings. The van der Waals surface area contributed by atoms with Crippen molar-refractivity contribution in [1.82, 2.24) is 5.32 Å². The number of cyclic esters (lactones) is 1. The van der Waals surface area contributed by atoms with Crippen LogP contribution >= 0.6 is 0 Å². The van der Waals surface area contributed by atoms with Gasteiger partial charge in [0.15, 0.2) is 0 Å². The number of carbonyl (C=O) groups excluding carboxylic acids is 2. The Kier molecular flexibility index (Phi) is 8.75. The standard InChI is InChI=1S/C31H26F3N5O4/c32-25-16-23(39-18-24(43-31(39)42)17-35-30(41)29(33)34)12-14-26(25)37-22-10-13-27(28(40)15-11-22)38-21-8-6-20(7-9-21)36-19-4-2-1-3-5-19/h1-16,24,29,36-37H,17-18H2,(H,35,41)(H,38,40)/t24-/m0/s1. The molecule has 4 aromatic rings. The summed E-state index contributed by atoms with van der Waals surface area (Å²) in [6, 6.07) is 27.3. The number of alkyl halides is 2. The Balaban J connectivity index is 1.21. The van der Waals surface area contributed by atoms with Gasteiger partial charge in [-0.05, 0) is 78.9 Å². The second-order valence-corrected chi connectivity index (χ2v) is 9.54. The molecule has 0 radical (unpaired) electrons. The minimum atomic E-state index is -3.18. The van der Waals surface area contributed by atoms with E-state index in [1.165, 1.54) is 24.3 Å². The SMILES string of the molecule is O=C(NC[C@H]1CN(c2ccc(Nc3ccc(Nc4ccc(Nc5ccccc5)cc4)c(=O)cc3)c(F)c2)C(=O)O1)C(F)F. The fourth-order valence-electron chi connectivity index (χ4n) is 4.29. The molecule has 4 aromatic carbocycles. The maximum atomic E-state index is 15.0. The van der Waals surface area contributed by atoms with Crippen molar-refractivity contribution in [3.63, 3.8) is 0 Å². The van der Waals surface area contributed by atoms with Gasteiger partial charge in [-0.1, -0.05) is 18.2 Å². The van der Waals surface area contributed by atoms with Crippen molar-refractivity contribution in [2.45, 2.75) is 12.5 Å². The fourth-order valence-corrected chi connectivity index (χ4v) is 4.29. The number of nitrogens with one attached hydrogen (secondary N) is 4. The molecule has 43 heavy (non-hydrogen) atoms. The van der Waals surface area contributed by atoms with Crippen LogP contribution in [0.3, 0.4) is 0 Å². The number of halogens is 3. The minimum Gasteiger partial charge on any atom is -0.442 e. The van der Waals surface area contributed by atoms with Crippen LogP contribution in [0, 0.1) is 5.82 Å². The van der Waals surface area contributed by atoms with Gasteiger partial charge in [0.05, 0.1) is 30.2 Å². The number of benzene rings is 3. The molecule has 0 unspecified atom stereocenters. The zero-order valence-electron chi connectivity index (χ0n) is 22.5. The topological polar surface area (TPSA) is 112 Å². The van der Waals surface area contributed by atoms with Crippen LogP contribution in [-0.2, 0) is 9.53 Å². The minimum absolute atomic E-state index is 0.0581. The Morgan fingerprint density at radius 2 is 1.37 bits per heavy atom. The Bertz CT molecular complexity index is 1670. The van der Waals surface area contributed by atoms with E-state index in [-0.39, 0.29) is 29.9 Å². The van der Waals surface area contributed by atoms with Gasteiger partial charge in [-0.15, -0.1) is 0 Å². The molecule has 1 aliphatic rings. The van der Waals surface area contributed by atoms with E-state index in [2.05, 4.69) is 16.0 Å². The molecule has 220 valence electrons. The van der Waals surface area contributed by atoms with E-state index >= 15 is 4.39 Å². The van der Waals surface area contributed by atoms with Crippen molar-refractivity contribution in [2.75, 3.05) is 33.9 Å². The molecule has 1 heterocycles. The first-order valence-corrected chi connectivity index (χ1v) is 13.2. The smallest absolute Gasteiger partial charge is 0.414 e. The molecule has 0 aliphatic carbocycles. The van der Waals surface area contributed by atoms with E-state index in [9.17, 15) is 23.2 Å². The molecule has 5 rings (SSSR count). The number of hydrogen-bond acceptors (Lipinski definition) is 7. The highest BCUT2D eigenvalue weighted by Gasteiger charge is 2.33. The maximum absolute atomic E-state index is 15.0. The zero-order valence-corrected chi connectivity index (χ0v) is 22.5. The third kappa shape index (κ3) is 7.41. The molecule has 12 heteroatoms. The summed E-state index contributed by atoms with van der Waals surface area (Å²) in [6.07, 6.45) is -4.84. The van der Waals surface area contributed by atoms with Crippen LogP contribution in [0.1, 0.15) is 0 Å². The number of para-hydroxylation sites is 1. The Hall–Kier alpha value is -5.52. The quantitative estimate of drug-likeness (QED) is 0.176. The highest BCUT2D eigenvalue weighted by molar-refractivity contribution is 5.90. The van der Waals surface area contributed by atoms with Crippen LogP contribution in [-0.4, -0.2) is 37.6 Å². The lowest BCUT2D eigenvalue weighted by Crippen LogP contribution is -2.37. The lowest BCUT2D eigenvalue weighted by molar-refractivity contribution is -0.132. The van der Waals surface area contributed by atoms with Gasteiger partial charge in [-0.25, -0.2) is 9.18 Å². The number of carbonyl (C=O) groups is 2. The predicted octanol–water partition coefficient (Wildman–Crippen LogP) is 6.12. The molecule has 0 aromatic heterocycles. The molecule has 0 bridgehead atoms. The van der Waals surface area contributed by atoms with E-state index < -0.39 is 30.3 Å². The number of anilines is 7. The first-order chi connectivity index (χ1) is 20.7. The van der Waals surface area contributed by atoms with Gasteiger partial charge >= 0.3 is 12.5 Å². The number of hydrogen-bond donors (Lipinski definition) is 4. The zero-order chi connectivity index (χ0) is 30.3.